The lowest BCUT2D eigenvalue weighted by molar-refractivity contribution is -0.163. The van der Waals surface area contributed by atoms with Crippen molar-refractivity contribution in [3.8, 4) is 0 Å². The Morgan fingerprint density at radius 2 is 1.57 bits per heavy atom. The second kappa shape index (κ2) is 22.4. The fraction of sp³-hybridized carbons (Fsp3) is 0.756. The molecule has 3 amide bonds. The van der Waals surface area contributed by atoms with E-state index in [4.69, 9.17) is 14.2 Å². The largest absolute Gasteiger partial charge is 0.459 e. The molecule has 0 spiro atoms. The minimum atomic E-state index is -0.747. The number of nitrogens with one attached hydrogen (secondary N) is 1. The maximum Gasteiger partial charge on any atom is 0.311 e. The molecule has 1 heterocycles. The van der Waals surface area contributed by atoms with Gasteiger partial charge in [-0.3, -0.25) is 24.1 Å². The van der Waals surface area contributed by atoms with Gasteiger partial charge < -0.3 is 34.4 Å². The maximum atomic E-state index is 14.4. The molecule has 1 aliphatic rings. The summed E-state index contributed by atoms with van der Waals surface area (Å²) < 4.78 is 17.7. The molecule has 53 heavy (non-hydrogen) atoms. The second-order valence-corrected chi connectivity index (χ2v) is 15.5. The summed E-state index contributed by atoms with van der Waals surface area (Å²) in [6, 6.07) is 7.58. The highest BCUT2D eigenvalue weighted by Gasteiger charge is 2.43. The van der Waals surface area contributed by atoms with Gasteiger partial charge in [-0.2, -0.15) is 0 Å². The number of esters is 1. The van der Waals surface area contributed by atoms with E-state index < -0.39 is 48.3 Å². The van der Waals surface area contributed by atoms with Gasteiger partial charge in [0.1, 0.15) is 12.1 Å². The summed E-state index contributed by atoms with van der Waals surface area (Å²) in [6.07, 6.45) is 1.28. The molecular formula is C41H70N4O8. The van der Waals surface area contributed by atoms with Crippen molar-refractivity contribution in [1.29, 1.82) is 0 Å². The standard InChI is InChI=1S/C41H70N4O8/c1-13-27(5)35(42-39(48)36(26(3)4)43(8)9)40(49)44(10)37(28(6)14-2)33(51-11)24-34(47)45-22-18-21-32(45)38(52-12)29(7)41(50)53-31(25-46)23-30-19-16-15-17-20-30/h15-17,19-20,26-29,31-33,35-38,46H,13-14,18,21-25H2,1-12H3,(H,42,48)/t27-,28-,29+,31+,32-,33+,35-,36-,37-,38+/m0/s1. The molecular weight excluding hydrogens is 676 g/mol. The summed E-state index contributed by atoms with van der Waals surface area (Å²) in [7, 11) is 8.57. The van der Waals surface area contributed by atoms with Gasteiger partial charge in [-0.05, 0) is 57.2 Å². The summed E-state index contributed by atoms with van der Waals surface area (Å²) in [5, 5.41) is 13.1. The van der Waals surface area contributed by atoms with E-state index in [1.54, 1.807) is 30.9 Å². The monoisotopic (exact) mass is 747 g/mol. The zero-order chi connectivity index (χ0) is 40.0. The van der Waals surface area contributed by atoms with Crippen LogP contribution in [0.15, 0.2) is 30.3 Å². The Morgan fingerprint density at radius 1 is 0.943 bits per heavy atom. The topological polar surface area (TPSA) is 138 Å². The van der Waals surface area contributed by atoms with Gasteiger partial charge in [-0.15, -0.1) is 0 Å². The first-order valence-corrected chi connectivity index (χ1v) is 19.5. The number of aliphatic hydroxyl groups is 1. The fourth-order valence-corrected chi connectivity index (χ4v) is 7.86. The lowest BCUT2D eigenvalue weighted by Gasteiger charge is -2.41. The van der Waals surface area contributed by atoms with E-state index in [0.29, 0.717) is 25.8 Å². The predicted octanol–water partition coefficient (Wildman–Crippen LogP) is 4.17. The minimum absolute atomic E-state index is 0.0218. The third-order valence-electron chi connectivity index (χ3n) is 11.2. The smallest absolute Gasteiger partial charge is 0.311 e. The molecule has 2 rings (SSSR count). The van der Waals surface area contributed by atoms with E-state index in [0.717, 1.165) is 18.4 Å². The van der Waals surface area contributed by atoms with Crippen LogP contribution in [-0.2, 0) is 39.8 Å². The molecule has 1 aromatic carbocycles. The van der Waals surface area contributed by atoms with E-state index in [-0.39, 0.29) is 54.5 Å². The van der Waals surface area contributed by atoms with Crippen molar-refractivity contribution in [1.82, 2.24) is 20.0 Å². The molecule has 12 nitrogen and oxygen atoms in total. The van der Waals surface area contributed by atoms with Crippen LogP contribution >= 0.6 is 0 Å². The van der Waals surface area contributed by atoms with Crippen LogP contribution in [-0.4, -0.2) is 134 Å². The predicted molar refractivity (Wildman–Crippen MR) is 207 cm³/mol. The molecule has 0 saturated carbocycles. The van der Waals surface area contributed by atoms with Crippen LogP contribution in [0.3, 0.4) is 0 Å². The van der Waals surface area contributed by atoms with Crippen LogP contribution in [0.4, 0.5) is 0 Å². The number of aliphatic hydroxyl groups excluding tert-OH is 1. The molecule has 12 heteroatoms. The van der Waals surface area contributed by atoms with Crippen molar-refractivity contribution in [2.45, 2.75) is 129 Å². The summed E-state index contributed by atoms with van der Waals surface area (Å²) >= 11 is 0. The lowest BCUT2D eigenvalue weighted by atomic mass is 9.89. The molecule has 0 aromatic heterocycles. The number of carbonyl (C=O) groups excluding carboxylic acids is 4. The Bertz CT molecular complexity index is 1270. The van der Waals surface area contributed by atoms with E-state index in [2.05, 4.69) is 5.32 Å². The highest BCUT2D eigenvalue weighted by atomic mass is 16.6. The van der Waals surface area contributed by atoms with Crippen LogP contribution in [0.1, 0.15) is 86.1 Å². The van der Waals surface area contributed by atoms with Gasteiger partial charge in [0.15, 0.2) is 0 Å². The number of carbonyl (C=O) groups is 4. The first kappa shape index (κ1) is 46.1. The molecule has 1 aliphatic heterocycles. The van der Waals surface area contributed by atoms with Gasteiger partial charge in [-0.1, -0.05) is 84.7 Å². The van der Waals surface area contributed by atoms with Crippen molar-refractivity contribution in [3.05, 3.63) is 35.9 Å². The first-order valence-electron chi connectivity index (χ1n) is 19.5. The van der Waals surface area contributed by atoms with Gasteiger partial charge in [0.05, 0.1) is 49.3 Å². The first-order chi connectivity index (χ1) is 25.1. The number of likely N-dealkylation sites (N-methyl/N-ethyl adjacent to an activating group) is 2. The number of nitrogens with zero attached hydrogens (tertiary/aromatic N) is 3. The SMILES string of the molecule is CC[C@H](C)[C@@H]([C@@H](CC(=O)N1CCC[C@H]1[C@H](OC)[C@@H](C)C(=O)O[C@@H](CO)Cc1ccccc1)OC)N(C)C(=O)[C@@H](NC(=O)[C@H](C(C)C)N(C)C)[C@@H](C)CC. The van der Waals surface area contributed by atoms with Crippen molar-refractivity contribution < 1.29 is 38.5 Å². The zero-order valence-electron chi connectivity index (χ0n) is 34.5. The van der Waals surface area contributed by atoms with Crippen LogP contribution in [0.5, 0.6) is 0 Å². The lowest BCUT2D eigenvalue weighted by Crippen LogP contribution is -2.60. The maximum absolute atomic E-state index is 14.4. The Morgan fingerprint density at radius 3 is 2.08 bits per heavy atom. The Hall–Kier alpha value is -3.06. The Balaban J connectivity index is 2.28. The van der Waals surface area contributed by atoms with E-state index in [9.17, 15) is 24.3 Å². The fourth-order valence-electron chi connectivity index (χ4n) is 7.86. The minimum Gasteiger partial charge on any atom is -0.459 e. The van der Waals surface area contributed by atoms with E-state index in [1.165, 1.54) is 7.11 Å². The molecule has 0 radical (unpaired) electrons. The quantitative estimate of drug-likeness (QED) is 0.168. The summed E-state index contributed by atoms with van der Waals surface area (Å²) in [5.41, 5.74) is 0.947. The number of ether oxygens (including phenoxy) is 3. The molecule has 1 saturated heterocycles. The molecule has 302 valence electrons. The third-order valence-corrected chi connectivity index (χ3v) is 11.2. The number of methoxy groups -OCH3 is 2. The average molecular weight is 747 g/mol. The molecule has 0 bridgehead atoms. The Kier molecular flexibility index (Phi) is 19.4. The summed E-state index contributed by atoms with van der Waals surface area (Å²) in [6.45, 7) is 14.0. The molecule has 0 unspecified atom stereocenters. The van der Waals surface area contributed by atoms with Crippen LogP contribution in [0, 0.1) is 23.7 Å². The number of likely N-dealkylation sites (tertiary alicyclic amines) is 1. The summed E-state index contributed by atoms with van der Waals surface area (Å²) in [4.78, 5) is 60.8. The molecule has 1 aromatic rings. The van der Waals surface area contributed by atoms with Crippen molar-refractivity contribution >= 4 is 23.7 Å². The summed E-state index contributed by atoms with van der Waals surface area (Å²) in [5.74, 6) is -1.85. The van der Waals surface area contributed by atoms with Crippen LogP contribution in [0.2, 0.25) is 0 Å². The normalized spacial score (nSPS) is 19.8. The van der Waals surface area contributed by atoms with Crippen LogP contribution < -0.4 is 5.32 Å². The highest BCUT2D eigenvalue weighted by Crippen LogP contribution is 2.30. The van der Waals surface area contributed by atoms with Gasteiger partial charge in [0.2, 0.25) is 17.7 Å². The van der Waals surface area contributed by atoms with E-state index in [1.807, 2.05) is 90.9 Å². The van der Waals surface area contributed by atoms with Gasteiger partial charge >= 0.3 is 5.97 Å². The van der Waals surface area contributed by atoms with Crippen molar-refractivity contribution in [3.63, 3.8) is 0 Å². The second-order valence-electron chi connectivity index (χ2n) is 15.5. The van der Waals surface area contributed by atoms with Gasteiger partial charge in [0.25, 0.3) is 0 Å². The number of rotatable bonds is 22. The molecule has 2 N–H and O–H groups in total. The van der Waals surface area contributed by atoms with Crippen molar-refractivity contribution in [2.75, 3.05) is 48.5 Å². The number of hydrogen-bond donors (Lipinski definition) is 2. The third kappa shape index (κ3) is 12.5. The van der Waals surface area contributed by atoms with E-state index >= 15 is 0 Å². The Labute approximate surface area is 319 Å². The molecule has 10 atom stereocenters. The highest BCUT2D eigenvalue weighted by molar-refractivity contribution is 5.90. The number of hydrogen-bond acceptors (Lipinski definition) is 9. The molecule has 1 fully saturated rings. The molecule has 0 aliphatic carbocycles. The van der Waals surface area contributed by atoms with Gasteiger partial charge in [0, 0.05) is 34.2 Å². The van der Waals surface area contributed by atoms with Gasteiger partial charge in [-0.25, -0.2) is 0 Å². The van der Waals surface area contributed by atoms with Crippen LogP contribution in [0.25, 0.3) is 0 Å². The average Bonchev–Trinajstić information content (AvgIpc) is 3.62. The van der Waals surface area contributed by atoms with Crippen molar-refractivity contribution in [2.24, 2.45) is 23.7 Å². The number of amides is 3. The zero-order valence-corrected chi connectivity index (χ0v) is 34.5. The number of benzene rings is 1.